The summed E-state index contributed by atoms with van der Waals surface area (Å²) in [6, 6.07) is 14.9. The maximum absolute atomic E-state index is 12.4. The number of esters is 1. The molecule has 0 N–H and O–H groups in total. The molecule has 2 aromatic carbocycles. The van der Waals surface area contributed by atoms with Crippen molar-refractivity contribution in [3.8, 4) is 5.75 Å². The van der Waals surface area contributed by atoms with Gasteiger partial charge in [-0.25, -0.2) is 0 Å². The van der Waals surface area contributed by atoms with E-state index in [0.717, 1.165) is 11.1 Å². The van der Waals surface area contributed by atoms with Crippen molar-refractivity contribution in [2.24, 2.45) is 5.92 Å². The first-order valence-corrected chi connectivity index (χ1v) is 9.58. The molecular formula is C22H22N2O5. The number of ketones is 1. The highest BCUT2D eigenvalue weighted by molar-refractivity contribution is 5.98. The van der Waals surface area contributed by atoms with E-state index in [9.17, 15) is 9.59 Å². The molecule has 7 heteroatoms. The summed E-state index contributed by atoms with van der Waals surface area (Å²) in [4.78, 5) is 31.1. The standard InChI is InChI=1S/C22H22N2O5/c1-27-17-8-6-15(7-9-17)19(25)14-28-21(26)16-10-12-24(13-11-16)22-23-18-4-2-3-5-20(18)29-22/h2-9,16H,10-14H2,1H3. The number of rotatable bonds is 6. The van der Waals surface area contributed by atoms with Crippen LogP contribution in [0.4, 0.5) is 6.01 Å². The number of carbonyl (C=O) groups excluding carboxylic acids is 2. The number of carbonyl (C=O) groups is 2. The number of oxazole rings is 1. The van der Waals surface area contributed by atoms with Crippen LogP contribution in [0.5, 0.6) is 5.75 Å². The molecule has 7 nitrogen and oxygen atoms in total. The van der Waals surface area contributed by atoms with Gasteiger partial charge in [0.15, 0.2) is 18.0 Å². The topological polar surface area (TPSA) is 81.9 Å². The molecule has 3 aromatic rings. The number of nitrogens with zero attached hydrogens (tertiary/aromatic N) is 2. The molecule has 2 heterocycles. The molecule has 0 spiro atoms. The van der Waals surface area contributed by atoms with E-state index in [1.165, 1.54) is 0 Å². The number of methoxy groups -OCH3 is 1. The van der Waals surface area contributed by atoms with Crippen LogP contribution in [0.25, 0.3) is 11.1 Å². The summed E-state index contributed by atoms with van der Waals surface area (Å²) in [6.07, 6.45) is 1.27. The second kappa shape index (κ2) is 8.34. The van der Waals surface area contributed by atoms with Crippen LogP contribution in [0, 0.1) is 5.92 Å². The van der Waals surface area contributed by atoms with Crippen molar-refractivity contribution in [1.82, 2.24) is 4.98 Å². The van der Waals surface area contributed by atoms with Crippen LogP contribution in [0.1, 0.15) is 23.2 Å². The Labute approximate surface area is 168 Å². The van der Waals surface area contributed by atoms with Crippen LogP contribution in [-0.2, 0) is 9.53 Å². The third-order valence-electron chi connectivity index (χ3n) is 5.14. The third kappa shape index (κ3) is 4.23. The molecule has 1 saturated heterocycles. The summed E-state index contributed by atoms with van der Waals surface area (Å²) >= 11 is 0. The zero-order valence-corrected chi connectivity index (χ0v) is 16.2. The van der Waals surface area contributed by atoms with Gasteiger partial charge in [0.25, 0.3) is 6.01 Å². The fourth-order valence-corrected chi connectivity index (χ4v) is 3.42. The van der Waals surface area contributed by atoms with Crippen molar-refractivity contribution in [3.05, 3.63) is 54.1 Å². The Balaban J connectivity index is 1.27. The Hall–Kier alpha value is -3.35. The molecule has 4 rings (SSSR count). The van der Waals surface area contributed by atoms with Crippen LogP contribution in [0.2, 0.25) is 0 Å². The second-order valence-electron chi connectivity index (χ2n) is 6.98. The second-order valence-corrected chi connectivity index (χ2v) is 6.98. The molecule has 0 unspecified atom stereocenters. The van der Waals surface area contributed by atoms with Crippen molar-refractivity contribution >= 4 is 28.9 Å². The highest BCUT2D eigenvalue weighted by atomic mass is 16.5. The Bertz CT molecular complexity index is 970. The molecule has 1 fully saturated rings. The fourth-order valence-electron chi connectivity index (χ4n) is 3.42. The average molecular weight is 394 g/mol. The maximum atomic E-state index is 12.4. The quantitative estimate of drug-likeness (QED) is 0.468. The van der Waals surface area contributed by atoms with E-state index in [2.05, 4.69) is 4.98 Å². The lowest BCUT2D eigenvalue weighted by atomic mass is 9.97. The summed E-state index contributed by atoms with van der Waals surface area (Å²) in [5.74, 6) is -0.113. The number of hydrogen-bond acceptors (Lipinski definition) is 7. The zero-order valence-electron chi connectivity index (χ0n) is 16.2. The van der Waals surface area contributed by atoms with Crippen molar-refractivity contribution in [2.75, 3.05) is 31.7 Å². The lowest BCUT2D eigenvalue weighted by Crippen LogP contribution is -2.37. The molecule has 0 radical (unpaired) electrons. The average Bonchev–Trinajstić information content (AvgIpc) is 3.22. The number of ether oxygens (including phenoxy) is 2. The van der Waals surface area contributed by atoms with Gasteiger partial charge in [-0.15, -0.1) is 0 Å². The van der Waals surface area contributed by atoms with Gasteiger partial charge >= 0.3 is 5.97 Å². The number of piperidine rings is 1. The molecular weight excluding hydrogens is 372 g/mol. The van der Waals surface area contributed by atoms with Crippen molar-refractivity contribution in [1.29, 1.82) is 0 Å². The van der Waals surface area contributed by atoms with Gasteiger partial charge in [-0.1, -0.05) is 12.1 Å². The summed E-state index contributed by atoms with van der Waals surface area (Å²) in [7, 11) is 1.56. The predicted octanol–water partition coefficient (Wildman–Crippen LogP) is 3.48. The van der Waals surface area contributed by atoms with Crippen molar-refractivity contribution < 1.29 is 23.5 Å². The summed E-state index contributed by atoms with van der Waals surface area (Å²) < 4.78 is 16.1. The minimum Gasteiger partial charge on any atom is -0.497 e. The Morgan fingerprint density at radius 2 is 1.83 bits per heavy atom. The minimum atomic E-state index is -0.330. The van der Waals surface area contributed by atoms with Crippen LogP contribution in [-0.4, -0.2) is 43.5 Å². The van der Waals surface area contributed by atoms with Crippen LogP contribution >= 0.6 is 0 Å². The first-order chi connectivity index (χ1) is 14.1. The van der Waals surface area contributed by atoms with Crippen LogP contribution in [0.15, 0.2) is 52.9 Å². The summed E-state index contributed by atoms with van der Waals surface area (Å²) in [6.45, 7) is 1.05. The molecule has 1 aromatic heterocycles. The van der Waals surface area contributed by atoms with E-state index >= 15 is 0 Å². The number of hydrogen-bond donors (Lipinski definition) is 0. The van der Waals surface area contributed by atoms with Gasteiger partial charge in [-0.05, 0) is 49.2 Å². The number of Topliss-reactive ketones (excluding diaryl/α,β-unsaturated/α-hetero) is 1. The van der Waals surface area contributed by atoms with Crippen LogP contribution in [0.3, 0.4) is 0 Å². The molecule has 1 aliphatic rings. The van der Waals surface area contributed by atoms with Gasteiger partial charge in [0.1, 0.15) is 11.3 Å². The van der Waals surface area contributed by atoms with E-state index in [-0.39, 0.29) is 24.3 Å². The van der Waals surface area contributed by atoms with E-state index in [1.54, 1.807) is 31.4 Å². The van der Waals surface area contributed by atoms with Gasteiger partial charge in [0.05, 0.1) is 13.0 Å². The molecule has 0 atom stereocenters. The van der Waals surface area contributed by atoms with E-state index in [1.807, 2.05) is 29.2 Å². The number of anilines is 1. The zero-order chi connectivity index (χ0) is 20.2. The van der Waals surface area contributed by atoms with Crippen molar-refractivity contribution in [2.45, 2.75) is 12.8 Å². The van der Waals surface area contributed by atoms with E-state index in [4.69, 9.17) is 13.9 Å². The first-order valence-electron chi connectivity index (χ1n) is 9.58. The number of para-hydroxylation sites is 2. The van der Waals surface area contributed by atoms with E-state index < -0.39 is 0 Å². The molecule has 29 heavy (non-hydrogen) atoms. The van der Waals surface area contributed by atoms with Crippen molar-refractivity contribution in [3.63, 3.8) is 0 Å². The summed E-state index contributed by atoms with van der Waals surface area (Å²) in [5.41, 5.74) is 2.06. The number of fused-ring (bicyclic) bond motifs is 1. The maximum Gasteiger partial charge on any atom is 0.309 e. The van der Waals surface area contributed by atoms with E-state index in [0.29, 0.717) is 43.3 Å². The normalized spacial score (nSPS) is 14.7. The Kier molecular flexibility index (Phi) is 5.46. The predicted molar refractivity (Wildman–Crippen MR) is 107 cm³/mol. The smallest absolute Gasteiger partial charge is 0.309 e. The van der Waals surface area contributed by atoms with Gasteiger partial charge in [0.2, 0.25) is 0 Å². The van der Waals surface area contributed by atoms with Gasteiger partial charge in [-0.2, -0.15) is 4.98 Å². The monoisotopic (exact) mass is 394 g/mol. The SMILES string of the molecule is COc1ccc(C(=O)COC(=O)C2CCN(c3nc4ccccc4o3)CC2)cc1. The first kappa shape index (κ1) is 19.0. The molecule has 0 saturated carbocycles. The highest BCUT2D eigenvalue weighted by Gasteiger charge is 2.28. The number of benzene rings is 2. The third-order valence-corrected chi connectivity index (χ3v) is 5.14. The molecule has 0 bridgehead atoms. The van der Waals surface area contributed by atoms with Crippen LogP contribution < -0.4 is 9.64 Å². The number of aromatic nitrogens is 1. The fraction of sp³-hybridized carbons (Fsp3) is 0.318. The molecule has 0 amide bonds. The minimum absolute atomic E-state index is 0.223. The van der Waals surface area contributed by atoms with Gasteiger partial charge in [0, 0.05) is 18.7 Å². The molecule has 1 aliphatic heterocycles. The lowest BCUT2D eigenvalue weighted by Gasteiger charge is -2.29. The largest absolute Gasteiger partial charge is 0.497 e. The lowest BCUT2D eigenvalue weighted by molar-refractivity contribution is -0.148. The summed E-state index contributed by atoms with van der Waals surface area (Å²) in [5, 5.41) is 0. The molecule has 150 valence electrons. The Morgan fingerprint density at radius 1 is 1.10 bits per heavy atom. The van der Waals surface area contributed by atoms with Gasteiger partial charge in [-0.3, -0.25) is 9.59 Å². The highest BCUT2D eigenvalue weighted by Crippen LogP contribution is 2.26. The van der Waals surface area contributed by atoms with Gasteiger partial charge < -0.3 is 18.8 Å². The molecule has 0 aliphatic carbocycles. The Morgan fingerprint density at radius 3 is 2.52 bits per heavy atom.